The van der Waals surface area contributed by atoms with Crippen molar-refractivity contribution < 1.29 is 37.4 Å². The lowest BCUT2D eigenvalue weighted by Gasteiger charge is -2.25. The van der Waals surface area contributed by atoms with E-state index < -0.39 is 50.5 Å². The Morgan fingerprint density at radius 3 is 2.79 bits per heavy atom. The summed E-state index contributed by atoms with van der Waals surface area (Å²) < 4.78 is 53.2. The van der Waals surface area contributed by atoms with E-state index in [9.17, 15) is 14.5 Å². The van der Waals surface area contributed by atoms with E-state index in [2.05, 4.69) is 25.4 Å². The smallest absolute Gasteiger partial charge is 0.459 e. The number of carbonyl (C=O) groups excluding carboxylic acids is 1. The number of anilines is 2. The Balaban J connectivity index is 1.39. The number of para-hydroxylation sites is 1. The molecule has 42 heavy (non-hydrogen) atoms. The number of benzene rings is 1. The third kappa shape index (κ3) is 6.04. The summed E-state index contributed by atoms with van der Waals surface area (Å²) in [4.78, 5) is 24.9. The van der Waals surface area contributed by atoms with E-state index in [1.165, 1.54) is 30.0 Å². The number of nitrogens with zero attached hydrogens (tertiary/aromatic N) is 4. The van der Waals surface area contributed by atoms with E-state index >= 15 is 4.39 Å². The Kier molecular flexibility index (Phi) is 8.36. The van der Waals surface area contributed by atoms with Gasteiger partial charge in [0.25, 0.3) is 0 Å². The molecule has 1 aliphatic heterocycles. The molecular weight excluding hydrogens is 572 g/mol. The Morgan fingerprint density at radius 2 is 2.12 bits per heavy atom. The van der Waals surface area contributed by atoms with Crippen LogP contribution in [0.4, 0.5) is 16.2 Å². The van der Waals surface area contributed by atoms with Gasteiger partial charge in [-0.1, -0.05) is 24.1 Å². The maximum atomic E-state index is 16.2. The highest BCUT2D eigenvalue weighted by molar-refractivity contribution is 7.52. The van der Waals surface area contributed by atoms with Crippen molar-refractivity contribution in [3.05, 3.63) is 36.7 Å². The number of fused-ring (bicyclic) bond motifs is 1. The maximum Gasteiger partial charge on any atom is 0.459 e. The molecular formula is C26H31FN7O7P. The molecule has 0 amide bonds. The van der Waals surface area contributed by atoms with Crippen LogP contribution in [0, 0.1) is 12.3 Å². The molecule has 14 nitrogen and oxygen atoms in total. The van der Waals surface area contributed by atoms with Crippen LogP contribution in [0.1, 0.15) is 32.9 Å². The number of rotatable bonds is 12. The SMILES string of the molecule is C#C[C@@]1(F)[C@H](O)[C@@H](CO[P@@](=O)(NC(C)C(=O)OCC)Oc2ccccc2)O[C@H]1n1cnc2c(NC3CC3)nc(N)nc21. The van der Waals surface area contributed by atoms with Gasteiger partial charge in [-0.05, 0) is 38.8 Å². The first-order valence-corrected chi connectivity index (χ1v) is 14.8. The van der Waals surface area contributed by atoms with Crippen LogP contribution in [0.15, 0.2) is 36.7 Å². The highest BCUT2D eigenvalue weighted by atomic mass is 31.2. The number of alkyl halides is 1. The molecule has 3 heterocycles. The molecule has 5 N–H and O–H groups in total. The normalized spacial score (nSPS) is 25.8. The van der Waals surface area contributed by atoms with Crippen LogP contribution < -0.4 is 20.7 Å². The van der Waals surface area contributed by atoms with E-state index in [0.29, 0.717) is 11.3 Å². The third-order valence-electron chi connectivity index (χ3n) is 6.65. The number of hydrogen-bond donors (Lipinski definition) is 4. The minimum absolute atomic E-state index is 0.0863. The first-order valence-electron chi connectivity index (χ1n) is 13.3. The van der Waals surface area contributed by atoms with Gasteiger partial charge < -0.3 is 30.2 Å². The summed E-state index contributed by atoms with van der Waals surface area (Å²) in [6, 6.07) is 7.18. The second-order valence-electron chi connectivity index (χ2n) is 9.86. The van der Waals surface area contributed by atoms with Crippen molar-refractivity contribution in [1.29, 1.82) is 0 Å². The molecule has 5 rings (SSSR count). The van der Waals surface area contributed by atoms with Crippen molar-refractivity contribution in [2.45, 2.75) is 62.9 Å². The molecule has 1 aliphatic carbocycles. The van der Waals surface area contributed by atoms with Gasteiger partial charge in [0.1, 0.15) is 24.0 Å². The van der Waals surface area contributed by atoms with Crippen molar-refractivity contribution in [2.75, 3.05) is 24.3 Å². The third-order valence-corrected chi connectivity index (χ3v) is 8.29. The molecule has 6 atom stereocenters. The molecule has 0 bridgehead atoms. The highest BCUT2D eigenvalue weighted by Crippen LogP contribution is 2.48. The van der Waals surface area contributed by atoms with E-state index in [-0.39, 0.29) is 30.0 Å². The summed E-state index contributed by atoms with van der Waals surface area (Å²) >= 11 is 0. The molecule has 0 radical (unpaired) electrons. The number of esters is 1. The molecule has 1 saturated heterocycles. The van der Waals surface area contributed by atoms with Gasteiger partial charge in [0.2, 0.25) is 11.6 Å². The fraction of sp³-hybridized carbons (Fsp3) is 0.462. The summed E-state index contributed by atoms with van der Waals surface area (Å²) in [5.41, 5.74) is 3.57. The van der Waals surface area contributed by atoms with Gasteiger partial charge in [-0.15, -0.1) is 6.42 Å². The molecule has 2 fully saturated rings. The number of nitrogens with two attached hydrogens (primary N) is 1. The fourth-order valence-corrected chi connectivity index (χ4v) is 5.88. The molecule has 0 spiro atoms. The van der Waals surface area contributed by atoms with Gasteiger partial charge in [0.05, 0.1) is 19.5 Å². The van der Waals surface area contributed by atoms with Gasteiger partial charge in [-0.25, -0.2) is 13.9 Å². The molecule has 16 heteroatoms. The standard InChI is InChI=1S/C26H31FN7O7P/c1-4-26(27)20(35)18(13-39-42(37,33-15(3)23(36)38-5-2)41-17-9-7-6-8-10-17)40-24(26)34-14-29-19-21(30-16-11-12-16)31-25(28)32-22(19)34/h1,6-10,14-16,18,20,24,35H,5,11-13H2,2-3H3,(H,33,37)(H3,28,30,31,32)/t15?,18-,20-,24-,26-,42+/m1/s1. The van der Waals surface area contributed by atoms with Crippen molar-refractivity contribution in [3.8, 4) is 18.1 Å². The number of aliphatic hydroxyl groups excluding tert-OH is 1. The van der Waals surface area contributed by atoms with Crippen LogP contribution in [0.5, 0.6) is 5.75 Å². The Labute approximate surface area is 240 Å². The van der Waals surface area contributed by atoms with Gasteiger partial charge in [-0.3, -0.25) is 13.9 Å². The van der Waals surface area contributed by atoms with Crippen molar-refractivity contribution in [2.24, 2.45) is 0 Å². The number of imidazole rings is 1. The van der Waals surface area contributed by atoms with E-state index in [1.807, 2.05) is 5.92 Å². The first-order chi connectivity index (χ1) is 20.1. The quantitative estimate of drug-likeness (QED) is 0.134. The van der Waals surface area contributed by atoms with E-state index in [1.54, 1.807) is 25.1 Å². The van der Waals surface area contributed by atoms with Gasteiger partial charge >= 0.3 is 13.7 Å². The Hall–Kier alpha value is -3.80. The molecule has 1 aromatic carbocycles. The zero-order valence-corrected chi connectivity index (χ0v) is 23.7. The highest BCUT2D eigenvalue weighted by Gasteiger charge is 2.58. The number of aromatic nitrogens is 4. The maximum absolute atomic E-state index is 16.2. The van der Waals surface area contributed by atoms with Crippen molar-refractivity contribution in [3.63, 3.8) is 0 Å². The number of aliphatic hydroxyl groups is 1. The lowest BCUT2D eigenvalue weighted by Crippen LogP contribution is -2.42. The average Bonchev–Trinajstić information content (AvgIpc) is 3.62. The van der Waals surface area contributed by atoms with Crippen LogP contribution in [0.2, 0.25) is 0 Å². The van der Waals surface area contributed by atoms with Crippen LogP contribution >= 0.6 is 7.75 Å². The van der Waals surface area contributed by atoms with E-state index in [4.69, 9.17) is 30.7 Å². The summed E-state index contributed by atoms with van der Waals surface area (Å²) in [6.07, 6.45) is 3.77. The molecule has 3 aromatic rings. The Morgan fingerprint density at radius 1 is 1.38 bits per heavy atom. The van der Waals surface area contributed by atoms with Crippen LogP contribution in [0.25, 0.3) is 11.2 Å². The summed E-state index contributed by atoms with van der Waals surface area (Å²) in [7, 11) is -4.32. The largest absolute Gasteiger partial charge is 0.465 e. The second kappa shape index (κ2) is 11.8. The molecule has 2 aromatic heterocycles. The predicted molar refractivity (Wildman–Crippen MR) is 149 cm³/mol. The molecule has 2 aliphatic rings. The number of carbonyl (C=O) groups is 1. The Bertz CT molecular complexity index is 1530. The van der Waals surface area contributed by atoms with Crippen molar-refractivity contribution >= 4 is 36.6 Å². The first kappa shape index (κ1) is 29.7. The van der Waals surface area contributed by atoms with Crippen LogP contribution in [0.3, 0.4) is 0 Å². The molecule has 224 valence electrons. The minimum Gasteiger partial charge on any atom is -0.465 e. The minimum atomic E-state index is -4.32. The average molecular weight is 604 g/mol. The number of ether oxygens (including phenoxy) is 2. The number of terminal acetylenes is 1. The van der Waals surface area contributed by atoms with Crippen LogP contribution in [-0.4, -0.2) is 73.8 Å². The fourth-order valence-electron chi connectivity index (χ4n) is 4.38. The topological polar surface area (TPSA) is 185 Å². The zero-order valence-electron chi connectivity index (χ0n) is 22.8. The van der Waals surface area contributed by atoms with Crippen molar-refractivity contribution in [1.82, 2.24) is 24.6 Å². The number of nitrogens with one attached hydrogen (secondary N) is 2. The summed E-state index contributed by atoms with van der Waals surface area (Å²) in [5.74, 6) is 1.73. The lowest BCUT2D eigenvalue weighted by molar-refractivity contribution is -0.144. The van der Waals surface area contributed by atoms with Gasteiger partial charge in [0.15, 0.2) is 23.2 Å². The number of nitrogen functional groups attached to an aromatic ring is 1. The molecule has 1 unspecified atom stereocenters. The van der Waals surface area contributed by atoms with Crippen LogP contribution in [-0.2, 0) is 23.4 Å². The predicted octanol–water partition coefficient (Wildman–Crippen LogP) is 2.33. The lowest BCUT2D eigenvalue weighted by atomic mass is 9.97. The zero-order chi connectivity index (χ0) is 30.1. The molecule has 1 saturated carbocycles. The summed E-state index contributed by atoms with van der Waals surface area (Å²) in [6.45, 7) is 2.49. The number of hydrogen-bond acceptors (Lipinski definition) is 12. The van der Waals surface area contributed by atoms with Gasteiger partial charge in [-0.2, -0.15) is 15.1 Å². The van der Waals surface area contributed by atoms with E-state index in [0.717, 1.165) is 12.8 Å². The summed E-state index contributed by atoms with van der Waals surface area (Å²) in [5, 5.41) is 16.7. The van der Waals surface area contributed by atoms with Gasteiger partial charge in [0, 0.05) is 6.04 Å². The second-order valence-corrected chi connectivity index (χ2v) is 11.6. The monoisotopic (exact) mass is 603 g/mol. The number of halogens is 1.